The number of nitrogens with one attached hydrogen (secondary N) is 2. The number of nitrogens with zero attached hydrogens (tertiary/aromatic N) is 2. The fraction of sp³-hybridized carbons (Fsp3) is 0.308. The number of hydrogen-bond acceptors (Lipinski definition) is 7. The molecule has 4 N–H and O–H groups in total. The molecule has 0 radical (unpaired) electrons. The first-order valence-electron chi connectivity index (χ1n) is 11.6. The molecule has 1 aliphatic rings. The third kappa shape index (κ3) is 7.41. The molecule has 10 nitrogen and oxygen atoms in total. The highest BCUT2D eigenvalue weighted by atomic mass is 16.5. The van der Waals surface area contributed by atoms with Crippen LogP contribution in [0.1, 0.15) is 48.1 Å². The largest absolute Gasteiger partial charge is 0.481 e. The number of ether oxygens (including phenoxy) is 2. The van der Waals surface area contributed by atoms with Crippen molar-refractivity contribution in [2.24, 2.45) is 5.84 Å². The molecule has 10 heteroatoms. The average Bonchev–Trinajstić information content (AvgIpc) is 2.89. The van der Waals surface area contributed by atoms with Crippen LogP contribution in [0.5, 0.6) is 5.75 Å². The van der Waals surface area contributed by atoms with Crippen LogP contribution in [0.15, 0.2) is 71.1 Å². The molecule has 0 spiro atoms. The van der Waals surface area contributed by atoms with E-state index in [1.165, 1.54) is 4.57 Å². The van der Waals surface area contributed by atoms with E-state index in [4.69, 9.17) is 15.3 Å². The predicted molar refractivity (Wildman–Crippen MR) is 135 cm³/mol. The summed E-state index contributed by atoms with van der Waals surface area (Å²) < 4.78 is 12.4. The summed E-state index contributed by atoms with van der Waals surface area (Å²) in [4.78, 5) is 42.5. The maximum Gasteiger partial charge on any atom is 0.407 e. The Bertz CT molecular complexity index is 1220. The van der Waals surface area contributed by atoms with Crippen molar-refractivity contribution < 1.29 is 19.1 Å². The lowest BCUT2D eigenvalue weighted by atomic mass is 10.1. The summed E-state index contributed by atoms with van der Waals surface area (Å²) in [7, 11) is 0. The van der Waals surface area contributed by atoms with E-state index >= 15 is 0 Å². The second-order valence-electron chi connectivity index (χ2n) is 8.34. The van der Waals surface area contributed by atoms with Gasteiger partial charge in [0.2, 0.25) is 5.75 Å². The second kappa shape index (κ2) is 13.1. The van der Waals surface area contributed by atoms with Crippen LogP contribution < -0.4 is 26.9 Å². The van der Waals surface area contributed by atoms with E-state index in [1.54, 1.807) is 0 Å². The molecule has 190 valence electrons. The van der Waals surface area contributed by atoms with Gasteiger partial charge in [-0.25, -0.2) is 15.6 Å². The first-order chi connectivity index (χ1) is 17.4. The average molecular weight is 494 g/mol. The summed E-state index contributed by atoms with van der Waals surface area (Å²) in [5.41, 5.74) is 3.83. The molecule has 0 bridgehead atoms. The Kier molecular flexibility index (Phi) is 9.58. The molecule has 3 rings (SSSR count). The van der Waals surface area contributed by atoms with Crippen molar-refractivity contribution in [2.75, 3.05) is 6.61 Å². The molecule has 0 saturated carbocycles. The zero-order valence-electron chi connectivity index (χ0n) is 20.3. The minimum Gasteiger partial charge on any atom is -0.481 e. The monoisotopic (exact) mass is 493 g/mol. The maximum atomic E-state index is 13.4. The van der Waals surface area contributed by atoms with Crippen molar-refractivity contribution in [3.63, 3.8) is 0 Å². The predicted octanol–water partition coefficient (Wildman–Crippen LogP) is 2.89. The quantitative estimate of drug-likeness (QED) is 0.189. The van der Waals surface area contributed by atoms with Gasteiger partial charge in [-0.2, -0.15) is 0 Å². The summed E-state index contributed by atoms with van der Waals surface area (Å²) in [5, 5.41) is 2.60. The molecule has 0 fully saturated rings. The van der Waals surface area contributed by atoms with E-state index in [1.807, 2.05) is 60.9 Å². The van der Waals surface area contributed by atoms with Crippen LogP contribution in [-0.2, 0) is 24.4 Å². The fourth-order valence-corrected chi connectivity index (χ4v) is 3.46. The van der Waals surface area contributed by atoms with Gasteiger partial charge in [0.25, 0.3) is 11.5 Å². The van der Waals surface area contributed by atoms with Gasteiger partial charge in [-0.3, -0.25) is 19.6 Å². The van der Waals surface area contributed by atoms with E-state index in [2.05, 4.69) is 16.9 Å². The van der Waals surface area contributed by atoms with Gasteiger partial charge in [-0.05, 0) is 37.3 Å². The summed E-state index contributed by atoms with van der Waals surface area (Å²) in [5.74, 6) is 4.47. The summed E-state index contributed by atoms with van der Waals surface area (Å²) in [6, 6.07) is 9.20. The van der Waals surface area contributed by atoms with Gasteiger partial charge in [0.05, 0.1) is 6.54 Å². The molecule has 0 aliphatic heterocycles. The standard InChI is InChI=1S/C26H31N5O5/c1-18(2)13-14-31-21(15-28-26(34)36-17-20-11-7-4-8-12-20)29-22(24(32)30-27)23(25(31)33)35-16-19-9-5-3-6-10-19/h3-7,9-11H,1,8,12-17,27H2,2H3,(H,28,34)(H,30,32). The number of hydrogen-bond donors (Lipinski definition) is 3. The van der Waals surface area contributed by atoms with E-state index in [-0.39, 0.29) is 43.6 Å². The number of alkyl carbamates (subject to hydrolysis) is 1. The molecule has 0 unspecified atom stereocenters. The number of rotatable bonds is 11. The Morgan fingerprint density at radius 2 is 2.00 bits per heavy atom. The van der Waals surface area contributed by atoms with Crippen LogP contribution in [-0.4, -0.2) is 28.2 Å². The Morgan fingerprint density at radius 1 is 1.22 bits per heavy atom. The smallest absolute Gasteiger partial charge is 0.407 e. The highest BCUT2D eigenvalue weighted by Gasteiger charge is 2.23. The molecular weight excluding hydrogens is 462 g/mol. The molecule has 1 aromatic carbocycles. The number of nitrogens with two attached hydrogens (primary N) is 1. The zero-order chi connectivity index (χ0) is 25.9. The van der Waals surface area contributed by atoms with E-state index in [0.717, 1.165) is 29.6 Å². The molecule has 1 aliphatic carbocycles. The van der Waals surface area contributed by atoms with Crippen molar-refractivity contribution in [2.45, 2.75) is 45.9 Å². The fourth-order valence-electron chi connectivity index (χ4n) is 3.46. The zero-order valence-corrected chi connectivity index (χ0v) is 20.3. The number of allylic oxidation sites excluding steroid dienone is 4. The van der Waals surface area contributed by atoms with Crippen LogP contribution in [0, 0.1) is 0 Å². The normalized spacial score (nSPS) is 12.4. The third-order valence-electron chi connectivity index (χ3n) is 5.42. The number of amides is 2. The topological polar surface area (TPSA) is 138 Å². The maximum absolute atomic E-state index is 13.4. The van der Waals surface area contributed by atoms with Crippen LogP contribution >= 0.6 is 0 Å². The first kappa shape index (κ1) is 26.4. The van der Waals surface area contributed by atoms with Crippen molar-refractivity contribution >= 4 is 12.0 Å². The Labute approximate surface area is 209 Å². The number of nitrogen functional groups attached to an aromatic ring is 1. The van der Waals surface area contributed by atoms with Crippen molar-refractivity contribution in [3.8, 4) is 5.75 Å². The van der Waals surface area contributed by atoms with Crippen LogP contribution in [0.2, 0.25) is 0 Å². The molecular formula is C26H31N5O5. The molecule has 0 atom stereocenters. The van der Waals surface area contributed by atoms with Gasteiger partial charge in [0.15, 0.2) is 5.69 Å². The number of carbonyl (C=O) groups excluding carboxylic acids is 2. The molecule has 2 aromatic rings. The van der Waals surface area contributed by atoms with E-state index in [0.29, 0.717) is 6.42 Å². The second-order valence-corrected chi connectivity index (χ2v) is 8.34. The van der Waals surface area contributed by atoms with Crippen LogP contribution in [0.25, 0.3) is 0 Å². The van der Waals surface area contributed by atoms with Crippen LogP contribution in [0.4, 0.5) is 4.79 Å². The third-order valence-corrected chi connectivity index (χ3v) is 5.42. The van der Waals surface area contributed by atoms with E-state index < -0.39 is 17.6 Å². The highest BCUT2D eigenvalue weighted by Crippen LogP contribution is 2.16. The summed E-state index contributed by atoms with van der Waals surface area (Å²) >= 11 is 0. The van der Waals surface area contributed by atoms with Gasteiger partial charge in [0, 0.05) is 6.54 Å². The highest BCUT2D eigenvalue weighted by molar-refractivity contribution is 5.94. The Balaban J connectivity index is 1.84. The first-order valence-corrected chi connectivity index (χ1v) is 11.6. The lowest BCUT2D eigenvalue weighted by molar-refractivity contribution is 0.0942. The lowest BCUT2D eigenvalue weighted by Crippen LogP contribution is -2.37. The minimum absolute atomic E-state index is 0.0536. The van der Waals surface area contributed by atoms with Gasteiger partial charge >= 0.3 is 6.09 Å². The number of aromatic nitrogens is 2. The molecule has 2 amide bonds. The van der Waals surface area contributed by atoms with Crippen molar-refractivity contribution in [3.05, 3.63) is 93.7 Å². The van der Waals surface area contributed by atoms with Gasteiger partial charge in [0.1, 0.15) is 19.0 Å². The summed E-state index contributed by atoms with van der Waals surface area (Å²) in [6.07, 6.45) is 7.44. The lowest BCUT2D eigenvalue weighted by Gasteiger charge is -2.17. The minimum atomic E-state index is -0.789. The Hall–Kier alpha value is -4.18. The molecule has 1 aromatic heterocycles. The van der Waals surface area contributed by atoms with Gasteiger partial charge < -0.3 is 14.8 Å². The molecule has 1 heterocycles. The Morgan fingerprint density at radius 3 is 2.67 bits per heavy atom. The van der Waals surface area contributed by atoms with Crippen molar-refractivity contribution in [1.82, 2.24) is 20.3 Å². The number of carbonyl (C=O) groups is 2. The van der Waals surface area contributed by atoms with Gasteiger partial charge in [-0.1, -0.05) is 54.1 Å². The summed E-state index contributed by atoms with van der Waals surface area (Å²) in [6.45, 7) is 6.03. The van der Waals surface area contributed by atoms with E-state index in [9.17, 15) is 14.4 Å². The molecule has 0 saturated heterocycles. The van der Waals surface area contributed by atoms with Crippen LogP contribution in [0.3, 0.4) is 0 Å². The molecule has 36 heavy (non-hydrogen) atoms. The van der Waals surface area contributed by atoms with Gasteiger partial charge in [-0.15, -0.1) is 6.58 Å². The number of hydrazine groups is 1. The van der Waals surface area contributed by atoms with Crippen molar-refractivity contribution in [1.29, 1.82) is 0 Å². The number of benzene rings is 1. The SMILES string of the molecule is C=C(C)CCn1c(CNC(=O)OCC2=CC=CCC2)nc(C(=O)NN)c(OCc2ccccc2)c1=O.